The molecule has 1 amide bonds. The molecule has 8 N–H and O–H groups in total. The van der Waals surface area contributed by atoms with E-state index in [9.17, 15) is 9.59 Å². The highest BCUT2D eigenvalue weighted by molar-refractivity contribution is 8.07. The fourth-order valence-electron chi connectivity index (χ4n) is 6.99. The maximum Gasteiger partial charge on any atom is 0.236 e. The van der Waals surface area contributed by atoms with Crippen LogP contribution in [0.15, 0.2) is 11.1 Å². The molecule has 1 saturated carbocycles. The largest absolute Gasteiger partial charge is 0.378 e. The monoisotopic (exact) mass is 597 g/mol. The van der Waals surface area contributed by atoms with E-state index in [1.54, 1.807) is 11.9 Å². The van der Waals surface area contributed by atoms with E-state index in [2.05, 4.69) is 25.6 Å². The van der Waals surface area contributed by atoms with E-state index in [1.807, 2.05) is 29.6 Å². The first kappa shape index (κ1) is 28.6. The average molecular weight is 598 g/mol. The van der Waals surface area contributed by atoms with Gasteiger partial charge in [-0.25, -0.2) is 0 Å². The van der Waals surface area contributed by atoms with E-state index < -0.39 is 0 Å². The Labute approximate surface area is 244 Å². The summed E-state index contributed by atoms with van der Waals surface area (Å²) in [5, 5.41) is 12.6. The minimum atomic E-state index is -0.387. The first-order valence-electron chi connectivity index (χ1n) is 14.5. The summed E-state index contributed by atoms with van der Waals surface area (Å²) in [5.74, 6) is 1.37. The number of hydrogen-bond acceptors (Lipinski definition) is 12. The number of fused-ring (bicyclic) bond motifs is 1. The van der Waals surface area contributed by atoms with Crippen molar-refractivity contribution >= 4 is 47.2 Å². The molecule has 8 unspecified atom stereocenters. The summed E-state index contributed by atoms with van der Waals surface area (Å²) in [5.41, 5.74) is 12.2. The van der Waals surface area contributed by atoms with Crippen molar-refractivity contribution in [1.29, 1.82) is 0 Å². The van der Waals surface area contributed by atoms with Gasteiger partial charge in [-0.05, 0) is 37.4 Å². The normalized spacial score (nSPS) is 43.3. The molecule has 6 rings (SSSR count). The number of nitrogens with zero attached hydrogens (tertiary/aromatic N) is 1. The lowest BCUT2D eigenvalue weighted by molar-refractivity contribution is -0.121. The number of hydrogen-bond donors (Lipinski definition) is 6. The SMILES string of the molecule is NC(=O)C1NCC(N[C@H]2CCCC[C@H]2N)CC1NC1CC(C2CSC3C(=O)C=C(N4CCOCC4)SC32)NS1. The van der Waals surface area contributed by atoms with Crippen molar-refractivity contribution < 1.29 is 14.3 Å². The van der Waals surface area contributed by atoms with E-state index in [1.165, 1.54) is 12.8 Å². The zero-order valence-electron chi connectivity index (χ0n) is 22.4. The Balaban J connectivity index is 1.06. The van der Waals surface area contributed by atoms with Crippen LogP contribution in [0.5, 0.6) is 0 Å². The number of ketones is 1. The fraction of sp³-hybridized carbons (Fsp3) is 0.846. The highest BCUT2D eigenvalue weighted by atomic mass is 32.2. The standard InChI is InChI=1S/C26H43N7O3S3/c27-16-3-1-2-4-17(16)30-14-9-19(23(26(28)35)29-12-14)31-21-10-18(32-39-21)15-13-37-25-20(34)11-22(38-24(15)25)33-5-7-36-8-6-33/h11,14-19,21,23-25,29-32H,1-10,12-13,27H2,(H2,28,35)/t14?,15?,16-,17+,18?,19?,21?,23?,24?,25?/m1/s1. The lowest BCUT2D eigenvalue weighted by Crippen LogP contribution is -2.66. The molecule has 0 bridgehead atoms. The van der Waals surface area contributed by atoms with Crippen LogP contribution in [0.1, 0.15) is 38.5 Å². The number of morpholine rings is 1. The summed E-state index contributed by atoms with van der Waals surface area (Å²) in [4.78, 5) is 27.7. The Kier molecular flexibility index (Phi) is 9.38. The molecule has 6 aliphatic rings. The Morgan fingerprint density at radius 3 is 2.74 bits per heavy atom. The molecule has 5 heterocycles. The van der Waals surface area contributed by atoms with E-state index >= 15 is 0 Å². The summed E-state index contributed by atoms with van der Waals surface area (Å²) < 4.78 is 9.22. The third kappa shape index (κ3) is 6.46. The van der Waals surface area contributed by atoms with Gasteiger partial charge < -0.3 is 31.7 Å². The zero-order chi connectivity index (χ0) is 26.9. The van der Waals surface area contributed by atoms with Gasteiger partial charge in [0.1, 0.15) is 6.04 Å². The maximum atomic E-state index is 13.0. The lowest BCUT2D eigenvalue weighted by atomic mass is 9.88. The smallest absolute Gasteiger partial charge is 0.236 e. The molecule has 4 saturated heterocycles. The number of nitrogens with one attached hydrogen (secondary N) is 4. The van der Waals surface area contributed by atoms with Crippen molar-refractivity contribution in [1.82, 2.24) is 25.6 Å². The second kappa shape index (κ2) is 12.8. The summed E-state index contributed by atoms with van der Waals surface area (Å²) in [7, 11) is 0. The van der Waals surface area contributed by atoms with Gasteiger partial charge in [-0.3, -0.25) is 19.6 Å². The van der Waals surface area contributed by atoms with Gasteiger partial charge in [0.05, 0.1) is 28.9 Å². The first-order chi connectivity index (χ1) is 19.0. The zero-order valence-corrected chi connectivity index (χ0v) is 24.8. The van der Waals surface area contributed by atoms with E-state index in [-0.39, 0.29) is 51.7 Å². The summed E-state index contributed by atoms with van der Waals surface area (Å²) >= 11 is 5.44. The quantitative estimate of drug-likeness (QED) is 0.219. The van der Waals surface area contributed by atoms with Crippen molar-refractivity contribution in [3.05, 3.63) is 11.1 Å². The topological polar surface area (TPSA) is 147 Å². The number of carbonyl (C=O) groups excluding carboxylic acids is 2. The fourth-order valence-corrected chi connectivity index (χ4v) is 11.7. The molecular weight excluding hydrogens is 555 g/mol. The van der Waals surface area contributed by atoms with Crippen LogP contribution in [0.3, 0.4) is 0 Å². The summed E-state index contributed by atoms with van der Waals surface area (Å²) in [6.45, 7) is 3.87. The number of thioether (sulfide) groups is 2. The molecule has 0 spiro atoms. The van der Waals surface area contributed by atoms with Gasteiger partial charge in [0.2, 0.25) is 5.91 Å². The molecule has 39 heavy (non-hydrogen) atoms. The van der Waals surface area contributed by atoms with Crippen molar-refractivity contribution in [2.45, 2.75) is 90.6 Å². The van der Waals surface area contributed by atoms with Crippen LogP contribution in [-0.2, 0) is 14.3 Å². The molecule has 0 aromatic rings. The number of nitrogens with two attached hydrogens (primary N) is 2. The van der Waals surface area contributed by atoms with Gasteiger partial charge in [0.15, 0.2) is 5.78 Å². The maximum absolute atomic E-state index is 13.0. The Bertz CT molecular complexity index is 938. The third-order valence-corrected chi connectivity index (χ3v) is 13.4. The molecule has 0 aromatic heterocycles. The lowest BCUT2D eigenvalue weighted by Gasteiger charge is -2.40. The molecule has 10 atom stereocenters. The van der Waals surface area contributed by atoms with Crippen LogP contribution in [0.4, 0.5) is 0 Å². The molecule has 13 heteroatoms. The minimum Gasteiger partial charge on any atom is -0.378 e. The molecule has 5 fully saturated rings. The minimum absolute atomic E-state index is 0.0428. The molecule has 0 aromatic carbocycles. The number of ether oxygens (including phenoxy) is 1. The van der Waals surface area contributed by atoms with Crippen LogP contribution in [-0.4, -0.2) is 107 Å². The van der Waals surface area contributed by atoms with Crippen molar-refractivity contribution in [3.63, 3.8) is 0 Å². The number of carbonyl (C=O) groups is 2. The predicted octanol–water partition coefficient (Wildman–Crippen LogP) is -0.0542. The van der Waals surface area contributed by atoms with Crippen molar-refractivity contribution in [3.8, 4) is 0 Å². The van der Waals surface area contributed by atoms with Crippen molar-refractivity contribution in [2.75, 3.05) is 38.6 Å². The van der Waals surface area contributed by atoms with Crippen LogP contribution in [0.2, 0.25) is 0 Å². The van der Waals surface area contributed by atoms with Crippen LogP contribution >= 0.6 is 35.5 Å². The first-order valence-corrected chi connectivity index (χ1v) is 17.3. The van der Waals surface area contributed by atoms with E-state index in [4.69, 9.17) is 16.2 Å². The third-order valence-electron chi connectivity index (χ3n) is 9.16. The molecule has 5 aliphatic heterocycles. The highest BCUT2D eigenvalue weighted by Gasteiger charge is 2.49. The number of piperidine rings is 1. The summed E-state index contributed by atoms with van der Waals surface area (Å²) in [6.07, 6.45) is 8.29. The van der Waals surface area contributed by atoms with Gasteiger partial charge in [-0.15, -0.1) is 23.5 Å². The Morgan fingerprint density at radius 1 is 1.13 bits per heavy atom. The number of primary amides is 1. The van der Waals surface area contributed by atoms with Gasteiger partial charge in [0.25, 0.3) is 0 Å². The van der Waals surface area contributed by atoms with Gasteiger partial charge in [-0.1, -0.05) is 24.8 Å². The van der Waals surface area contributed by atoms with Gasteiger partial charge >= 0.3 is 0 Å². The Morgan fingerprint density at radius 2 is 1.95 bits per heavy atom. The van der Waals surface area contributed by atoms with E-state index in [0.29, 0.717) is 18.0 Å². The van der Waals surface area contributed by atoms with Crippen LogP contribution in [0.25, 0.3) is 0 Å². The van der Waals surface area contributed by atoms with Crippen LogP contribution in [0, 0.1) is 5.92 Å². The average Bonchev–Trinajstić information content (AvgIpc) is 3.58. The molecule has 1 aliphatic carbocycles. The number of rotatable bonds is 7. The van der Waals surface area contributed by atoms with Crippen molar-refractivity contribution in [2.24, 2.45) is 17.4 Å². The number of allylic oxidation sites excluding steroid dienone is 1. The second-order valence-corrected chi connectivity index (χ2v) is 15.2. The van der Waals surface area contributed by atoms with Gasteiger partial charge in [0, 0.05) is 61.2 Å². The second-order valence-electron chi connectivity index (χ2n) is 11.8. The van der Waals surface area contributed by atoms with Gasteiger partial charge in [-0.2, -0.15) is 0 Å². The summed E-state index contributed by atoms with van der Waals surface area (Å²) in [6, 6.07) is 0.677. The molecule has 10 nitrogen and oxygen atoms in total. The number of amides is 1. The molecular formula is C26H43N7O3S3. The Hall–Kier alpha value is -0.510. The van der Waals surface area contributed by atoms with E-state index in [0.717, 1.165) is 69.3 Å². The highest BCUT2D eigenvalue weighted by Crippen LogP contribution is 2.49. The molecule has 218 valence electrons. The predicted molar refractivity (Wildman–Crippen MR) is 159 cm³/mol. The molecule has 0 radical (unpaired) electrons. The van der Waals surface area contributed by atoms with Crippen LogP contribution < -0.4 is 32.1 Å².